The van der Waals surface area contributed by atoms with Gasteiger partial charge < -0.3 is 14.5 Å². The molecule has 6 nitrogen and oxygen atoms in total. The molecule has 0 atom stereocenters. The molecule has 0 aliphatic heterocycles. The van der Waals surface area contributed by atoms with Crippen molar-refractivity contribution < 1.29 is 18.8 Å². The van der Waals surface area contributed by atoms with Crippen LogP contribution in [0.5, 0.6) is 0 Å². The average Bonchev–Trinajstić information content (AvgIpc) is 2.63. The zero-order chi connectivity index (χ0) is 21.8. The van der Waals surface area contributed by atoms with Crippen molar-refractivity contribution in [2.75, 3.05) is 40.8 Å². The molecule has 0 heterocycles. The molecular formula is C23H48N3O3+. The lowest BCUT2D eigenvalue weighted by molar-refractivity contribution is -0.869. The Morgan fingerprint density at radius 3 is 1.62 bits per heavy atom. The first-order valence-corrected chi connectivity index (χ1v) is 11.9. The van der Waals surface area contributed by atoms with Gasteiger partial charge in [-0.3, -0.25) is 0 Å². The van der Waals surface area contributed by atoms with Gasteiger partial charge in [0.2, 0.25) is 0 Å². The number of rotatable bonds is 18. The van der Waals surface area contributed by atoms with Crippen LogP contribution in [-0.2, 0) is 4.74 Å². The molecule has 6 heteroatoms. The van der Waals surface area contributed by atoms with Crippen molar-refractivity contribution in [3.05, 3.63) is 0 Å². The largest absolute Gasteiger partial charge is 0.449 e. The van der Waals surface area contributed by atoms with Gasteiger partial charge in [-0.05, 0) is 6.42 Å². The SMILES string of the molecule is CCCCCCCCCCCCCCCCOC(=O)NC(=O)NCC[N+](C)(C)C. The van der Waals surface area contributed by atoms with Crippen LogP contribution in [0.25, 0.3) is 0 Å². The van der Waals surface area contributed by atoms with Gasteiger partial charge in [0.1, 0.15) is 0 Å². The highest BCUT2D eigenvalue weighted by Gasteiger charge is 2.10. The van der Waals surface area contributed by atoms with Crippen molar-refractivity contribution in [2.24, 2.45) is 0 Å². The third-order valence-electron chi connectivity index (χ3n) is 5.01. The third-order valence-corrected chi connectivity index (χ3v) is 5.01. The number of carbonyl (C=O) groups is 2. The van der Waals surface area contributed by atoms with Gasteiger partial charge in [0.25, 0.3) is 0 Å². The van der Waals surface area contributed by atoms with E-state index in [9.17, 15) is 9.59 Å². The Morgan fingerprint density at radius 1 is 0.724 bits per heavy atom. The molecule has 0 aromatic rings. The number of ether oxygens (including phenoxy) is 1. The molecule has 29 heavy (non-hydrogen) atoms. The smallest absolute Gasteiger partial charge is 0.415 e. The minimum atomic E-state index is -0.664. The summed E-state index contributed by atoms with van der Waals surface area (Å²) in [5.41, 5.74) is 0. The summed E-state index contributed by atoms with van der Waals surface area (Å²) in [5, 5.41) is 4.86. The number of unbranched alkanes of at least 4 members (excludes halogenated alkanes) is 13. The summed E-state index contributed by atoms with van der Waals surface area (Å²) in [7, 11) is 6.14. The molecule has 0 fully saturated rings. The van der Waals surface area contributed by atoms with Crippen LogP contribution in [0.3, 0.4) is 0 Å². The second-order valence-electron chi connectivity index (χ2n) is 9.13. The van der Waals surface area contributed by atoms with E-state index in [1.54, 1.807) is 0 Å². The van der Waals surface area contributed by atoms with Gasteiger partial charge in [0.15, 0.2) is 0 Å². The first kappa shape index (κ1) is 27.7. The minimum Gasteiger partial charge on any atom is -0.449 e. The number of imide groups is 1. The fourth-order valence-electron chi connectivity index (χ4n) is 3.14. The predicted octanol–water partition coefficient (Wildman–Crippen LogP) is 5.61. The molecule has 0 spiro atoms. The van der Waals surface area contributed by atoms with Crippen molar-refractivity contribution >= 4 is 12.1 Å². The summed E-state index contributed by atoms with van der Waals surface area (Å²) in [5.74, 6) is 0. The van der Waals surface area contributed by atoms with E-state index < -0.39 is 12.1 Å². The molecule has 0 aliphatic rings. The average molecular weight is 415 g/mol. The topological polar surface area (TPSA) is 67.4 Å². The van der Waals surface area contributed by atoms with E-state index in [0.29, 0.717) is 13.2 Å². The number of hydrogen-bond acceptors (Lipinski definition) is 3. The van der Waals surface area contributed by atoms with Crippen LogP contribution in [0.1, 0.15) is 96.8 Å². The van der Waals surface area contributed by atoms with E-state index in [1.807, 2.05) is 21.1 Å². The quantitative estimate of drug-likeness (QED) is 0.226. The summed E-state index contributed by atoms with van der Waals surface area (Å²) in [4.78, 5) is 23.1. The van der Waals surface area contributed by atoms with Crippen LogP contribution in [0.15, 0.2) is 0 Å². The Morgan fingerprint density at radius 2 is 1.17 bits per heavy atom. The fraction of sp³-hybridized carbons (Fsp3) is 0.913. The van der Waals surface area contributed by atoms with Crippen molar-refractivity contribution in [2.45, 2.75) is 96.8 Å². The minimum absolute atomic E-state index is 0.371. The van der Waals surface area contributed by atoms with Crippen LogP contribution in [0.4, 0.5) is 9.59 Å². The van der Waals surface area contributed by atoms with Crippen molar-refractivity contribution in [3.63, 3.8) is 0 Å². The molecule has 0 unspecified atom stereocenters. The highest BCUT2D eigenvalue weighted by Crippen LogP contribution is 2.12. The number of nitrogens with one attached hydrogen (secondary N) is 2. The zero-order valence-corrected chi connectivity index (χ0v) is 19.7. The Kier molecular flexibility index (Phi) is 17.9. The Bertz CT molecular complexity index is 409. The molecule has 0 saturated heterocycles. The molecule has 2 N–H and O–H groups in total. The van der Waals surface area contributed by atoms with Gasteiger partial charge >= 0.3 is 12.1 Å². The summed E-state index contributed by atoms with van der Waals surface area (Å²) < 4.78 is 5.81. The first-order valence-electron chi connectivity index (χ1n) is 11.9. The summed E-state index contributed by atoms with van der Waals surface area (Å²) in [6.07, 6.45) is 17.5. The molecular weight excluding hydrogens is 366 g/mol. The second kappa shape index (κ2) is 18.7. The Labute approximate surface area is 179 Å². The molecule has 0 aromatic heterocycles. The number of quaternary nitrogens is 1. The van der Waals surface area contributed by atoms with Crippen molar-refractivity contribution in [1.82, 2.24) is 10.6 Å². The lowest BCUT2D eigenvalue weighted by Crippen LogP contribution is -2.46. The van der Waals surface area contributed by atoms with Gasteiger partial charge in [-0.15, -0.1) is 0 Å². The van der Waals surface area contributed by atoms with E-state index in [1.165, 1.54) is 77.0 Å². The lowest BCUT2D eigenvalue weighted by Gasteiger charge is -2.23. The number of nitrogens with zero attached hydrogens (tertiary/aromatic N) is 1. The van der Waals surface area contributed by atoms with E-state index in [0.717, 1.165) is 23.9 Å². The summed E-state index contributed by atoms with van der Waals surface area (Å²) >= 11 is 0. The standard InChI is InChI=1S/C23H47N3O3/c1-5-6-7-8-9-10-11-12-13-14-15-16-17-18-21-29-23(28)25-22(27)24-19-20-26(2,3)4/h5-21H2,1-4H3,(H-,24,25,27,28)/p+1. The van der Waals surface area contributed by atoms with Gasteiger partial charge in [0.05, 0.1) is 40.8 Å². The number of likely N-dealkylation sites (N-methyl/N-ethyl adjacent to an activating group) is 1. The molecule has 3 amide bonds. The molecule has 0 aliphatic carbocycles. The molecule has 0 bridgehead atoms. The number of urea groups is 1. The molecule has 0 saturated carbocycles. The van der Waals surface area contributed by atoms with E-state index >= 15 is 0 Å². The van der Waals surface area contributed by atoms with Crippen LogP contribution >= 0.6 is 0 Å². The van der Waals surface area contributed by atoms with Gasteiger partial charge in [-0.2, -0.15) is 0 Å². The van der Waals surface area contributed by atoms with Crippen LogP contribution < -0.4 is 10.6 Å². The number of alkyl carbamates (subject to hydrolysis) is 1. The normalized spacial score (nSPS) is 11.3. The van der Waals surface area contributed by atoms with Gasteiger partial charge in [0, 0.05) is 0 Å². The Hall–Kier alpha value is -1.30. The van der Waals surface area contributed by atoms with Crippen LogP contribution in [0.2, 0.25) is 0 Å². The van der Waals surface area contributed by atoms with Crippen molar-refractivity contribution in [3.8, 4) is 0 Å². The van der Waals surface area contributed by atoms with Crippen LogP contribution in [0, 0.1) is 0 Å². The monoisotopic (exact) mass is 414 g/mol. The van der Waals surface area contributed by atoms with E-state index in [4.69, 9.17) is 4.74 Å². The molecule has 172 valence electrons. The maximum Gasteiger partial charge on any atom is 0.415 e. The lowest BCUT2D eigenvalue weighted by atomic mass is 10.0. The molecule has 0 rings (SSSR count). The second-order valence-corrected chi connectivity index (χ2v) is 9.13. The van der Waals surface area contributed by atoms with Crippen molar-refractivity contribution in [1.29, 1.82) is 0 Å². The summed E-state index contributed by atoms with van der Waals surface area (Å²) in [6, 6.07) is -0.496. The number of carbonyl (C=O) groups excluding carboxylic acids is 2. The fourth-order valence-corrected chi connectivity index (χ4v) is 3.14. The highest BCUT2D eigenvalue weighted by molar-refractivity contribution is 5.90. The zero-order valence-electron chi connectivity index (χ0n) is 19.7. The van der Waals surface area contributed by atoms with Gasteiger partial charge in [-0.25, -0.2) is 14.9 Å². The van der Waals surface area contributed by atoms with Crippen LogP contribution in [-0.4, -0.2) is 57.4 Å². The predicted molar refractivity (Wildman–Crippen MR) is 121 cm³/mol. The summed E-state index contributed by atoms with van der Waals surface area (Å²) in [6.45, 7) is 3.94. The number of amides is 3. The maximum absolute atomic E-state index is 11.6. The first-order chi connectivity index (χ1) is 13.8. The molecule has 0 radical (unpaired) electrons. The van der Waals surface area contributed by atoms with E-state index in [2.05, 4.69) is 17.6 Å². The molecule has 0 aromatic carbocycles. The maximum atomic E-state index is 11.6. The highest BCUT2D eigenvalue weighted by atomic mass is 16.5. The Balaban J connectivity index is 3.31. The third kappa shape index (κ3) is 22.8. The van der Waals surface area contributed by atoms with Gasteiger partial charge in [-0.1, -0.05) is 90.4 Å². The van der Waals surface area contributed by atoms with E-state index in [-0.39, 0.29) is 0 Å². The number of hydrogen-bond donors (Lipinski definition) is 2.